The van der Waals surface area contributed by atoms with Gasteiger partial charge < -0.3 is 14.7 Å². The largest absolute Gasteiger partial charge is 0.389 e. The zero-order chi connectivity index (χ0) is 13.0. The standard InChI is InChI=1S/C14H22N2O2/c1-11(17)13-7-5-8-15-14(13)16(2)10-12-6-3-4-9-18-12/h5,7-8,11-12,17H,3-4,6,9-10H2,1-2H3/t11-,12?/m0/s1. The summed E-state index contributed by atoms with van der Waals surface area (Å²) in [6.45, 7) is 3.46. The van der Waals surface area contributed by atoms with Crippen LogP contribution in [0.25, 0.3) is 0 Å². The summed E-state index contributed by atoms with van der Waals surface area (Å²) in [5.74, 6) is 0.849. The second kappa shape index (κ2) is 6.16. The summed E-state index contributed by atoms with van der Waals surface area (Å²) in [5, 5.41) is 9.76. The van der Waals surface area contributed by atoms with Crippen LogP contribution in [-0.4, -0.2) is 36.4 Å². The van der Waals surface area contributed by atoms with Gasteiger partial charge in [-0.05, 0) is 32.3 Å². The molecule has 0 bridgehead atoms. The number of pyridine rings is 1. The quantitative estimate of drug-likeness (QED) is 0.889. The zero-order valence-corrected chi connectivity index (χ0v) is 11.2. The highest BCUT2D eigenvalue weighted by Gasteiger charge is 2.19. The Labute approximate surface area is 109 Å². The maximum absolute atomic E-state index is 9.76. The highest BCUT2D eigenvalue weighted by molar-refractivity contribution is 5.47. The molecule has 2 heterocycles. The van der Waals surface area contributed by atoms with E-state index in [4.69, 9.17) is 4.74 Å². The fourth-order valence-electron chi connectivity index (χ4n) is 2.40. The van der Waals surface area contributed by atoms with Crippen molar-refractivity contribution in [2.75, 3.05) is 25.1 Å². The highest BCUT2D eigenvalue weighted by Crippen LogP contribution is 2.24. The lowest BCUT2D eigenvalue weighted by atomic mass is 10.1. The van der Waals surface area contributed by atoms with E-state index in [1.165, 1.54) is 12.8 Å². The molecule has 1 aromatic heterocycles. The maximum Gasteiger partial charge on any atom is 0.134 e. The summed E-state index contributed by atoms with van der Waals surface area (Å²) in [6.07, 6.45) is 5.07. The van der Waals surface area contributed by atoms with Gasteiger partial charge in [-0.1, -0.05) is 6.07 Å². The first kappa shape index (κ1) is 13.3. The molecule has 100 valence electrons. The van der Waals surface area contributed by atoms with Crippen molar-refractivity contribution in [3.05, 3.63) is 23.9 Å². The van der Waals surface area contributed by atoms with E-state index in [1.807, 2.05) is 19.2 Å². The Hall–Kier alpha value is -1.13. The van der Waals surface area contributed by atoms with E-state index in [1.54, 1.807) is 13.1 Å². The summed E-state index contributed by atoms with van der Waals surface area (Å²) >= 11 is 0. The van der Waals surface area contributed by atoms with Crippen molar-refractivity contribution in [2.45, 2.75) is 38.4 Å². The molecule has 0 amide bonds. The molecule has 0 spiro atoms. The average molecular weight is 250 g/mol. The number of ether oxygens (including phenoxy) is 1. The molecular weight excluding hydrogens is 228 g/mol. The van der Waals surface area contributed by atoms with E-state index in [0.29, 0.717) is 0 Å². The molecule has 1 aliphatic heterocycles. The molecule has 0 aliphatic carbocycles. The van der Waals surface area contributed by atoms with Crippen LogP contribution in [0, 0.1) is 0 Å². The minimum atomic E-state index is -0.497. The van der Waals surface area contributed by atoms with Crippen molar-refractivity contribution in [1.29, 1.82) is 0 Å². The molecule has 1 aromatic rings. The monoisotopic (exact) mass is 250 g/mol. The van der Waals surface area contributed by atoms with Crippen molar-refractivity contribution in [2.24, 2.45) is 0 Å². The number of rotatable bonds is 4. The average Bonchev–Trinajstić information content (AvgIpc) is 2.40. The minimum Gasteiger partial charge on any atom is -0.389 e. The Morgan fingerprint density at radius 1 is 1.56 bits per heavy atom. The second-order valence-corrected chi connectivity index (χ2v) is 4.96. The number of aliphatic hydroxyl groups is 1. The van der Waals surface area contributed by atoms with Gasteiger partial charge in [0.05, 0.1) is 12.2 Å². The Morgan fingerprint density at radius 3 is 3.06 bits per heavy atom. The van der Waals surface area contributed by atoms with Crippen LogP contribution in [0.15, 0.2) is 18.3 Å². The SMILES string of the molecule is C[C@H](O)c1cccnc1N(C)CC1CCCCO1. The van der Waals surface area contributed by atoms with Crippen molar-refractivity contribution >= 4 is 5.82 Å². The van der Waals surface area contributed by atoms with Crippen LogP contribution in [0.4, 0.5) is 5.82 Å². The fraction of sp³-hybridized carbons (Fsp3) is 0.643. The van der Waals surface area contributed by atoms with Gasteiger partial charge in [-0.3, -0.25) is 0 Å². The van der Waals surface area contributed by atoms with Gasteiger partial charge in [-0.15, -0.1) is 0 Å². The van der Waals surface area contributed by atoms with Gasteiger partial charge in [0.15, 0.2) is 0 Å². The van der Waals surface area contributed by atoms with Gasteiger partial charge in [0.25, 0.3) is 0 Å². The number of aliphatic hydroxyl groups excluding tert-OH is 1. The molecule has 1 aliphatic rings. The van der Waals surface area contributed by atoms with Crippen LogP contribution >= 0.6 is 0 Å². The molecule has 1 fully saturated rings. The first-order valence-corrected chi connectivity index (χ1v) is 6.64. The van der Waals surface area contributed by atoms with Crippen LogP contribution in [0.2, 0.25) is 0 Å². The van der Waals surface area contributed by atoms with Gasteiger partial charge in [0, 0.05) is 32.0 Å². The van der Waals surface area contributed by atoms with E-state index < -0.39 is 6.10 Å². The van der Waals surface area contributed by atoms with Crippen molar-refractivity contribution in [3.8, 4) is 0 Å². The van der Waals surface area contributed by atoms with E-state index in [2.05, 4.69) is 9.88 Å². The predicted octanol–water partition coefficient (Wildman–Crippen LogP) is 2.14. The summed E-state index contributed by atoms with van der Waals surface area (Å²) < 4.78 is 5.74. The van der Waals surface area contributed by atoms with Crippen LogP contribution in [0.3, 0.4) is 0 Å². The van der Waals surface area contributed by atoms with E-state index >= 15 is 0 Å². The molecule has 4 heteroatoms. The number of nitrogens with zero attached hydrogens (tertiary/aromatic N) is 2. The van der Waals surface area contributed by atoms with Crippen molar-refractivity contribution in [3.63, 3.8) is 0 Å². The summed E-state index contributed by atoms with van der Waals surface area (Å²) in [5.41, 5.74) is 0.871. The first-order valence-electron chi connectivity index (χ1n) is 6.64. The molecule has 1 N–H and O–H groups in total. The summed E-state index contributed by atoms with van der Waals surface area (Å²) in [6, 6.07) is 3.78. The maximum atomic E-state index is 9.76. The van der Waals surface area contributed by atoms with Gasteiger partial charge in [-0.2, -0.15) is 0 Å². The Kier molecular flexibility index (Phi) is 4.55. The van der Waals surface area contributed by atoms with E-state index in [9.17, 15) is 5.11 Å². The lowest BCUT2D eigenvalue weighted by Crippen LogP contribution is -2.34. The molecule has 18 heavy (non-hydrogen) atoms. The molecule has 4 nitrogen and oxygen atoms in total. The van der Waals surface area contributed by atoms with E-state index in [-0.39, 0.29) is 6.10 Å². The number of aromatic nitrogens is 1. The Morgan fingerprint density at radius 2 is 2.39 bits per heavy atom. The third-order valence-corrected chi connectivity index (χ3v) is 3.38. The van der Waals surface area contributed by atoms with Crippen LogP contribution in [0.1, 0.15) is 37.9 Å². The normalized spacial score (nSPS) is 21.6. The number of hydrogen-bond donors (Lipinski definition) is 1. The molecule has 2 atom stereocenters. The van der Waals surface area contributed by atoms with E-state index in [0.717, 1.165) is 31.0 Å². The summed E-state index contributed by atoms with van der Waals surface area (Å²) in [4.78, 5) is 6.46. The summed E-state index contributed by atoms with van der Waals surface area (Å²) in [7, 11) is 2.01. The lowest BCUT2D eigenvalue weighted by Gasteiger charge is -2.29. The molecule has 0 radical (unpaired) electrons. The molecule has 0 saturated carbocycles. The van der Waals surface area contributed by atoms with Gasteiger partial charge >= 0.3 is 0 Å². The lowest BCUT2D eigenvalue weighted by molar-refractivity contribution is 0.0214. The second-order valence-electron chi connectivity index (χ2n) is 4.96. The van der Waals surface area contributed by atoms with Crippen LogP contribution < -0.4 is 4.90 Å². The smallest absolute Gasteiger partial charge is 0.134 e. The van der Waals surface area contributed by atoms with Gasteiger partial charge in [0.1, 0.15) is 5.82 Å². The van der Waals surface area contributed by atoms with Crippen molar-refractivity contribution < 1.29 is 9.84 Å². The Balaban J connectivity index is 2.05. The van der Waals surface area contributed by atoms with Crippen molar-refractivity contribution in [1.82, 2.24) is 4.98 Å². The number of anilines is 1. The fourth-order valence-corrected chi connectivity index (χ4v) is 2.40. The molecule has 1 unspecified atom stereocenters. The molecule has 0 aromatic carbocycles. The first-order chi connectivity index (χ1) is 8.68. The van der Waals surface area contributed by atoms with Crippen LogP contribution in [-0.2, 0) is 4.74 Å². The number of likely N-dealkylation sites (N-methyl/N-ethyl adjacent to an activating group) is 1. The third-order valence-electron chi connectivity index (χ3n) is 3.38. The minimum absolute atomic E-state index is 0.285. The predicted molar refractivity (Wildman–Crippen MR) is 71.7 cm³/mol. The van der Waals surface area contributed by atoms with Crippen LogP contribution in [0.5, 0.6) is 0 Å². The third kappa shape index (κ3) is 3.21. The topological polar surface area (TPSA) is 45.6 Å². The zero-order valence-electron chi connectivity index (χ0n) is 11.2. The molecule has 1 saturated heterocycles. The highest BCUT2D eigenvalue weighted by atomic mass is 16.5. The molecule has 2 rings (SSSR count). The molecular formula is C14H22N2O2. The number of hydrogen-bond acceptors (Lipinski definition) is 4. The van der Waals surface area contributed by atoms with Gasteiger partial charge in [0.2, 0.25) is 0 Å². The van der Waals surface area contributed by atoms with Gasteiger partial charge in [-0.25, -0.2) is 4.98 Å². The Bertz CT molecular complexity index is 376.